The van der Waals surface area contributed by atoms with Crippen molar-refractivity contribution in [2.24, 2.45) is 0 Å². The number of nitrogens with one attached hydrogen (secondary N) is 1. The van der Waals surface area contributed by atoms with Crippen LogP contribution in [0.1, 0.15) is 25.8 Å². The van der Waals surface area contributed by atoms with E-state index in [2.05, 4.69) is 19.2 Å². The van der Waals surface area contributed by atoms with Crippen LogP contribution < -0.4 is 14.8 Å². The molecule has 1 atom stereocenters. The van der Waals surface area contributed by atoms with Gasteiger partial charge in [0.05, 0.1) is 13.7 Å². The maximum absolute atomic E-state index is 11.5. The summed E-state index contributed by atoms with van der Waals surface area (Å²) < 4.78 is 15.9. The van der Waals surface area contributed by atoms with Crippen molar-refractivity contribution in [3.05, 3.63) is 23.8 Å². The lowest BCUT2D eigenvalue weighted by Crippen LogP contribution is -2.23. The van der Waals surface area contributed by atoms with Crippen LogP contribution in [0.4, 0.5) is 0 Å². The van der Waals surface area contributed by atoms with E-state index in [1.807, 2.05) is 18.2 Å². The number of benzene rings is 1. The summed E-state index contributed by atoms with van der Waals surface area (Å²) >= 11 is 0. The number of carbonyl (C=O) groups is 1. The molecular formula is C15H21NO4. The molecule has 5 nitrogen and oxygen atoms in total. The third-order valence-corrected chi connectivity index (χ3v) is 3.10. The summed E-state index contributed by atoms with van der Waals surface area (Å²) in [4.78, 5) is 11.5. The van der Waals surface area contributed by atoms with Crippen LogP contribution in [0.3, 0.4) is 0 Å². The highest BCUT2D eigenvalue weighted by Crippen LogP contribution is 2.30. The summed E-state index contributed by atoms with van der Waals surface area (Å²) in [5, 5.41) is 3.34. The van der Waals surface area contributed by atoms with Crippen molar-refractivity contribution in [1.82, 2.24) is 5.32 Å². The quantitative estimate of drug-likeness (QED) is 0.806. The highest BCUT2D eigenvalue weighted by atomic mass is 16.6. The van der Waals surface area contributed by atoms with E-state index in [0.717, 1.165) is 12.1 Å². The summed E-state index contributed by atoms with van der Waals surface area (Å²) in [6, 6.07) is 6.15. The van der Waals surface area contributed by atoms with Gasteiger partial charge in [-0.2, -0.15) is 0 Å². The van der Waals surface area contributed by atoms with Crippen molar-refractivity contribution in [1.29, 1.82) is 0 Å². The summed E-state index contributed by atoms with van der Waals surface area (Å²) in [6.07, 6.45) is 0.0495. The molecule has 20 heavy (non-hydrogen) atoms. The van der Waals surface area contributed by atoms with E-state index < -0.39 is 6.10 Å². The molecule has 0 amide bonds. The van der Waals surface area contributed by atoms with Gasteiger partial charge in [0, 0.05) is 19.0 Å². The first-order valence-corrected chi connectivity index (χ1v) is 6.83. The molecule has 110 valence electrons. The molecule has 1 aromatic rings. The Morgan fingerprint density at radius 1 is 1.40 bits per heavy atom. The van der Waals surface area contributed by atoms with Crippen LogP contribution in [0.25, 0.3) is 0 Å². The SMILES string of the molecule is COc1ccc(CNC(C)C)cc1OC1CCOC1=O. The Morgan fingerprint density at radius 2 is 2.20 bits per heavy atom. The lowest BCUT2D eigenvalue weighted by atomic mass is 10.2. The van der Waals surface area contributed by atoms with E-state index in [4.69, 9.17) is 14.2 Å². The Balaban J connectivity index is 2.11. The number of hydrogen-bond donors (Lipinski definition) is 1. The molecule has 1 aliphatic rings. The van der Waals surface area contributed by atoms with Gasteiger partial charge in [-0.15, -0.1) is 0 Å². The summed E-state index contributed by atoms with van der Waals surface area (Å²) in [6.45, 7) is 5.35. The minimum Gasteiger partial charge on any atom is -0.493 e. The Kier molecular flexibility index (Phi) is 4.84. The summed E-state index contributed by atoms with van der Waals surface area (Å²) in [5.41, 5.74) is 1.08. The van der Waals surface area contributed by atoms with Crippen LogP contribution in [-0.2, 0) is 16.1 Å². The molecule has 0 bridgehead atoms. The second-order valence-corrected chi connectivity index (χ2v) is 5.08. The van der Waals surface area contributed by atoms with Gasteiger partial charge in [-0.1, -0.05) is 19.9 Å². The highest BCUT2D eigenvalue weighted by molar-refractivity contribution is 5.77. The van der Waals surface area contributed by atoms with Crippen LogP contribution in [0.5, 0.6) is 11.5 Å². The van der Waals surface area contributed by atoms with Gasteiger partial charge >= 0.3 is 5.97 Å². The van der Waals surface area contributed by atoms with Crippen molar-refractivity contribution in [3.63, 3.8) is 0 Å². The molecule has 1 N–H and O–H groups in total. The van der Waals surface area contributed by atoms with E-state index in [1.54, 1.807) is 7.11 Å². The predicted octanol–water partition coefficient (Wildman–Crippen LogP) is 1.89. The number of rotatable bonds is 6. The largest absolute Gasteiger partial charge is 0.493 e. The van der Waals surface area contributed by atoms with Crippen LogP contribution in [-0.4, -0.2) is 31.8 Å². The molecule has 1 heterocycles. The summed E-state index contributed by atoms with van der Waals surface area (Å²) in [5.74, 6) is 0.898. The fourth-order valence-corrected chi connectivity index (χ4v) is 1.98. The topological polar surface area (TPSA) is 56.8 Å². The van der Waals surface area contributed by atoms with Gasteiger partial charge in [-0.05, 0) is 17.7 Å². The predicted molar refractivity (Wildman–Crippen MR) is 75.0 cm³/mol. The lowest BCUT2D eigenvalue weighted by molar-refractivity contribution is -0.143. The van der Waals surface area contributed by atoms with E-state index >= 15 is 0 Å². The molecule has 1 unspecified atom stereocenters. The van der Waals surface area contributed by atoms with Crippen molar-refractivity contribution < 1.29 is 19.0 Å². The summed E-state index contributed by atoms with van der Waals surface area (Å²) in [7, 11) is 1.58. The van der Waals surface area contributed by atoms with Crippen LogP contribution >= 0.6 is 0 Å². The zero-order valence-corrected chi connectivity index (χ0v) is 12.1. The minimum atomic E-state index is -0.530. The maximum Gasteiger partial charge on any atom is 0.347 e. The third-order valence-electron chi connectivity index (χ3n) is 3.10. The Hall–Kier alpha value is -1.75. The van der Waals surface area contributed by atoms with E-state index in [0.29, 0.717) is 30.6 Å². The molecular weight excluding hydrogens is 258 g/mol. The van der Waals surface area contributed by atoms with E-state index in [-0.39, 0.29) is 5.97 Å². The van der Waals surface area contributed by atoms with Crippen molar-refractivity contribution in [2.75, 3.05) is 13.7 Å². The number of ether oxygens (including phenoxy) is 3. The first-order valence-electron chi connectivity index (χ1n) is 6.83. The smallest absolute Gasteiger partial charge is 0.347 e. The lowest BCUT2D eigenvalue weighted by Gasteiger charge is -2.15. The second kappa shape index (κ2) is 6.61. The fourth-order valence-electron chi connectivity index (χ4n) is 1.98. The number of carbonyl (C=O) groups excluding carboxylic acids is 1. The highest BCUT2D eigenvalue weighted by Gasteiger charge is 2.29. The Morgan fingerprint density at radius 3 is 2.80 bits per heavy atom. The van der Waals surface area contributed by atoms with E-state index in [9.17, 15) is 4.79 Å². The number of methoxy groups -OCH3 is 1. The molecule has 0 aromatic heterocycles. The molecule has 1 fully saturated rings. The van der Waals surface area contributed by atoms with Gasteiger partial charge < -0.3 is 19.5 Å². The number of hydrogen-bond acceptors (Lipinski definition) is 5. The average molecular weight is 279 g/mol. The molecule has 1 aromatic carbocycles. The van der Waals surface area contributed by atoms with Gasteiger partial charge in [0.1, 0.15) is 0 Å². The van der Waals surface area contributed by atoms with Crippen molar-refractivity contribution >= 4 is 5.97 Å². The normalized spacial score (nSPS) is 18.2. The van der Waals surface area contributed by atoms with Crippen molar-refractivity contribution in [2.45, 2.75) is 39.0 Å². The van der Waals surface area contributed by atoms with E-state index in [1.165, 1.54) is 0 Å². The first kappa shape index (κ1) is 14.7. The number of esters is 1. The maximum atomic E-state index is 11.5. The standard InChI is InChI=1S/C15H21NO4/c1-10(2)16-9-11-4-5-12(18-3)14(8-11)20-13-6-7-19-15(13)17/h4-5,8,10,13,16H,6-7,9H2,1-3H3. The second-order valence-electron chi connectivity index (χ2n) is 5.08. The third kappa shape index (κ3) is 3.63. The number of cyclic esters (lactones) is 1. The molecule has 0 spiro atoms. The molecule has 0 radical (unpaired) electrons. The zero-order valence-electron chi connectivity index (χ0n) is 12.1. The van der Waals surface area contributed by atoms with Crippen molar-refractivity contribution in [3.8, 4) is 11.5 Å². The van der Waals surface area contributed by atoms with Gasteiger partial charge in [-0.25, -0.2) is 4.79 Å². The Bertz CT molecular complexity index is 473. The average Bonchev–Trinajstić information content (AvgIpc) is 2.82. The van der Waals surface area contributed by atoms with Crippen LogP contribution in [0, 0.1) is 0 Å². The minimum absolute atomic E-state index is 0.308. The Labute approximate surface area is 119 Å². The van der Waals surface area contributed by atoms with Gasteiger partial charge in [-0.3, -0.25) is 0 Å². The monoisotopic (exact) mass is 279 g/mol. The molecule has 0 aliphatic carbocycles. The zero-order chi connectivity index (χ0) is 14.5. The van der Waals surface area contributed by atoms with Gasteiger partial charge in [0.2, 0.25) is 0 Å². The molecule has 5 heteroatoms. The van der Waals surface area contributed by atoms with Gasteiger partial charge in [0.15, 0.2) is 17.6 Å². The fraction of sp³-hybridized carbons (Fsp3) is 0.533. The molecule has 1 aliphatic heterocycles. The van der Waals surface area contributed by atoms with Gasteiger partial charge in [0.25, 0.3) is 0 Å². The molecule has 1 saturated heterocycles. The van der Waals surface area contributed by atoms with Crippen LogP contribution in [0.15, 0.2) is 18.2 Å². The molecule has 2 rings (SSSR count). The first-order chi connectivity index (χ1) is 9.60. The van der Waals surface area contributed by atoms with Crippen LogP contribution in [0.2, 0.25) is 0 Å². The molecule has 0 saturated carbocycles.